The smallest absolute Gasteiger partial charge is 0.245 e. The second-order valence-corrected chi connectivity index (χ2v) is 5.00. The molecule has 0 radical (unpaired) electrons. The van der Waals surface area contributed by atoms with Crippen molar-refractivity contribution >= 4 is 11.8 Å². The second-order valence-electron chi connectivity index (χ2n) is 3.85. The molecule has 7 heteroatoms. The van der Waals surface area contributed by atoms with Gasteiger partial charge in [-0.05, 0) is 7.05 Å². The van der Waals surface area contributed by atoms with E-state index in [1.54, 1.807) is 0 Å². The van der Waals surface area contributed by atoms with Crippen LogP contribution in [0.1, 0.15) is 23.8 Å². The van der Waals surface area contributed by atoms with Crippen molar-refractivity contribution in [2.75, 3.05) is 31.7 Å². The topological polar surface area (TPSA) is 88.4 Å². The molecule has 1 unspecified atom stereocenters. The summed E-state index contributed by atoms with van der Waals surface area (Å²) >= 11 is 1.88. The lowest BCUT2D eigenvalue weighted by atomic mass is 10.2. The lowest BCUT2D eigenvalue weighted by Gasteiger charge is -2.29. The number of aromatic nitrogens is 2. The molecule has 0 saturated carbocycles. The Morgan fingerprint density at radius 1 is 1.75 bits per heavy atom. The molecular formula is C9H16N4O2S. The third-order valence-electron chi connectivity index (χ3n) is 2.67. The summed E-state index contributed by atoms with van der Waals surface area (Å²) in [6.07, 6.45) is 0. The summed E-state index contributed by atoms with van der Waals surface area (Å²) in [5.74, 6) is 3.06. The number of thioether (sulfide) groups is 1. The Morgan fingerprint density at radius 3 is 3.25 bits per heavy atom. The van der Waals surface area contributed by atoms with E-state index in [4.69, 9.17) is 15.4 Å². The second kappa shape index (κ2) is 5.13. The standard InChI is InChI=1S/C9H16N4O2S/c1-13-2-3-16-5-7(13)8-11-9(15-12-8)6(10)4-14/h6-7,14H,2-5,10H2,1H3/t6-,7?/m1/s1. The van der Waals surface area contributed by atoms with Gasteiger partial charge in [-0.1, -0.05) is 5.16 Å². The number of hydrogen-bond acceptors (Lipinski definition) is 7. The van der Waals surface area contributed by atoms with Crippen LogP contribution >= 0.6 is 11.8 Å². The first-order chi connectivity index (χ1) is 7.72. The van der Waals surface area contributed by atoms with E-state index in [1.165, 1.54) is 0 Å². The minimum absolute atomic E-state index is 0.183. The molecule has 1 aromatic heterocycles. The fraction of sp³-hybridized carbons (Fsp3) is 0.778. The summed E-state index contributed by atoms with van der Waals surface area (Å²) in [6, 6.07) is -0.398. The minimum Gasteiger partial charge on any atom is -0.394 e. The highest BCUT2D eigenvalue weighted by atomic mass is 32.2. The maximum absolute atomic E-state index is 8.89. The van der Waals surface area contributed by atoms with Crippen molar-refractivity contribution < 1.29 is 9.63 Å². The van der Waals surface area contributed by atoms with Crippen molar-refractivity contribution in [3.05, 3.63) is 11.7 Å². The first-order valence-corrected chi connectivity index (χ1v) is 6.35. The van der Waals surface area contributed by atoms with Crippen LogP contribution in [0.2, 0.25) is 0 Å². The highest BCUT2D eigenvalue weighted by Crippen LogP contribution is 2.26. The molecule has 0 aromatic carbocycles. The van der Waals surface area contributed by atoms with Gasteiger partial charge in [0.25, 0.3) is 0 Å². The van der Waals surface area contributed by atoms with Crippen molar-refractivity contribution in [2.45, 2.75) is 12.1 Å². The van der Waals surface area contributed by atoms with Crippen LogP contribution in [0.15, 0.2) is 4.52 Å². The first-order valence-electron chi connectivity index (χ1n) is 5.20. The van der Waals surface area contributed by atoms with E-state index >= 15 is 0 Å². The highest BCUT2D eigenvalue weighted by Gasteiger charge is 2.26. The molecule has 0 bridgehead atoms. The molecule has 16 heavy (non-hydrogen) atoms. The number of hydrogen-bond donors (Lipinski definition) is 2. The SMILES string of the molecule is CN1CCSCC1c1noc([C@H](N)CO)n1. The first kappa shape index (κ1) is 11.8. The van der Waals surface area contributed by atoms with Gasteiger partial charge in [-0.3, -0.25) is 4.90 Å². The lowest BCUT2D eigenvalue weighted by Crippen LogP contribution is -2.33. The number of aliphatic hydroxyl groups excluding tert-OH is 1. The maximum Gasteiger partial charge on any atom is 0.245 e. The molecule has 0 aliphatic carbocycles. The molecule has 3 N–H and O–H groups in total. The zero-order valence-electron chi connectivity index (χ0n) is 9.17. The Balaban J connectivity index is 2.11. The van der Waals surface area contributed by atoms with Crippen LogP contribution in [0, 0.1) is 0 Å². The summed E-state index contributed by atoms with van der Waals surface area (Å²) in [5.41, 5.74) is 5.61. The van der Waals surface area contributed by atoms with Crippen molar-refractivity contribution in [1.29, 1.82) is 0 Å². The molecule has 2 rings (SSSR count). The van der Waals surface area contributed by atoms with Crippen LogP contribution in [-0.2, 0) is 0 Å². The third-order valence-corrected chi connectivity index (χ3v) is 3.69. The summed E-state index contributed by atoms with van der Waals surface area (Å²) < 4.78 is 5.04. The van der Waals surface area contributed by atoms with Gasteiger partial charge in [0.05, 0.1) is 12.6 Å². The Morgan fingerprint density at radius 2 is 2.56 bits per heavy atom. The number of nitrogens with zero attached hydrogens (tertiary/aromatic N) is 3. The zero-order chi connectivity index (χ0) is 11.5. The van der Waals surface area contributed by atoms with Crippen LogP contribution in [0.25, 0.3) is 0 Å². The van der Waals surface area contributed by atoms with Crippen LogP contribution in [0.5, 0.6) is 0 Å². The monoisotopic (exact) mass is 244 g/mol. The fourth-order valence-corrected chi connectivity index (χ4v) is 2.78. The van der Waals surface area contributed by atoms with Crippen LogP contribution in [-0.4, -0.2) is 51.9 Å². The average molecular weight is 244 g/mol. The molecule has 1 fully saturated rings. The van der Waals surface area contributed by atoms with Gasteiger partial charge in [0.15, 0.2) is 5.82 Å². The van der Waals surface area contributed by atoms with Crippen molar-refractivity contribution in [3.63, 3.8) is 0 Å². The van der Waals surface area contributed by atoms with Crippen molar-refractivity contribution in [3.8, 4) is 0 Å². The largest absolute Gasteiger partial charge is 0.394 e. The molecule has 2 heterocycles. The van der Waals surface area contributed by atoms with Crippen molar-refractivity contribution in [2.24, 2.45) is 5.73 Å². The van der Waals surface area contributed by atoms with E-state index in [-0.39, 0.29) is 12.6 Å². The summed E-state index contributed by atoms with van der Waals surface area (Å²) in [7, 11) is 2.05. The predicted molar refractivity (Wildman–Crippen MR) is 61.0 cm³/mol. The number of aliphatic hydroxyl groups is 1. The normalized spacial score (nSPS) is 24.6. The van der Waals surface area contributed by atoms with Crippen LogP contribution in [0.4, 0.5) is 0 Å². The molecule has 2 atom stereocenters. The van der Waals surface area contributed by atoms with Gasteiger partial charge in [0.1, 0.15) is 6.04 Å². The molecule has 1 aliphatic rings. The molecule has 0 spiro atoms. The van der Waals surface area contributed by atoms with E-state index in [0.717, 1.165) is 18.1 Å². The highest BCUT2D eigenvalue weighted by molar-refractivity contribution is 7.99. The van der Waals surface area contributed by atoms with Crippen LogP contribution in [0.3, 0.4) is 0 Å². The lowest BCUT2D eigenvalue weighted by molar-refractivity contribution is 0.234. The predicted octanol–water partition coefficient (Wildman–Crippen LogP) is -0.219. The van der Waals surface area contributed by atoms with E-state index in [9.17, 15) is 0 Å². The van der Waals surface area contributed by atoms with Gasteiger partial charge in [-0.25, -0.2) is 0 Å². The minimum atomic E-state index is -0.581. The number of nitrogens with two attached hydrogens (primary N) is 1. The Kier molecular flexibility index (Phi) is 3.80. The van der Waals surface area contributed by atoms with Gasteiger partial charge >= 0.3 is 0 Å². The number of rotatable bonds is 3. The molecule has 1 aliphatic heterocycles. The third kappa shape index (κ3) is 2.37. The van der Waals surface area contributed by atoms with Gasteiger partial charge < -0.3 is 15.4 Å². The molecule has 0 amide bonds. The van der Waals surface area contributed by atoms with Gasteiger partial charge in [-0.15, -0.1) is 0 Å². The molecule has 6 nitrogen and oxygen atoms in total. The van der Waals surface area contributed by atoms with Crippen molar-refractivity contribution in [1.82, 2.24) is 15.0 Å². The van der Waals surface area contributed by atoms with E-state index in [2.05, 4.69) is 15.0 Å². The van der Waals surface area contributed by atoms with Gasteiger partial charge in [-0.2, -0.15) is 16.7 Å². The Labute approximate surface area is 98.2 Å². The summed E-state index contributed by atoms with van der Waals surface area (Å²) in [6.45, 7) is 0.835. The molecule has 1 saturated heterocycles. The summed E-state index contributed by atoms with van der Waals surface area (Å²) in [5, 5.41) is 12.8. The fourth-order valence-electron chi connectivity index (χ4n) is 1.57. The molecular weight excluding hydrogens is 228 g/mol. The van der Waals surface area contributed by atoms with Gasteiger partial charge in [0, 0.05) is 18.1 Å². The quantitative estimate of drug-likeness (QED) is 0.760. The molecule has 1 aromatic rings. The molecule has 90 valence electrons. The van der Waals surface area contributed by atoms with Gasteiger partial charge in [0.2, 0.25) is 5.89 Å². The van der Waals surface area contributed by atoms with E-state index in [0.29, 0.717) is 11.7 Å². The Bertz CT molecular complexity index is 346. The zero-order valence-corrected chi connectivity index (χ0v) is 9.98. The van der Waals surface area contributed by atoms with E-state index < -0.39 is 6.04 Å². The Hall–Kier alpha value is -0.630. The summed E-state index contributed by atoms with van der Waals surface area (Å²) in [4.78, 5) is 6.44. The van der Waals surface area contributed by atoms with E-state index in [1.807, 2.05) is 18.8 Å². The van der Waals surface area contributed by atoms with Crippen LogP contribution < -0.4 is 5.73 Å². The average Bonchev–Trinajstić information content (AvgIpc) is 2.78. The maximum atomic E-state index is 8.89.